The Kier molecular flexibility index (Phi) is 3.01. The molecule has 0 amide bonds. The summed E-state index contributed by atoms with van der Waals surface area (Å²) in [6.07, 6.45) is 0.853. The first-order valence-electron chi connectivity index (χ1n) is 3.79. The summed E-state index contributed by atoms with van der Waals surface area (Å²) in [5.41, 5.74) is -1.35. The van der Waals surface area contributed by atoms with Crippen molar-refractivity contribution in [2.45, 2.75) is 0 Å². The van der Waals surface area contributed by atoms with E-state index >= 15 is 0 Å². The number of carbonyl (C=O) groups is 2. The van der Waals surface area contributed by atoms with Crippen LogP contribution in [0.3, 0.4) is 0 Å². The van der Waals surface area contributed by atoms with Crippen molar-refractivity contribution in [1.82, 2.24) is 9.97 Å². The fraction of sp³-hybridized carbons (Fsp3) is 0.143. The average Bonchev–Trinajstić information content (AvgIpc) is 2.14. The number of aromatic nitrogens is 2. The summed E-state index contributed by atoms with van der Waals surface area (Å²) < 4.78 is 0. The molecule has 0 aliphatic heterocycles. The Labute approximate surface area is 82.6 Å². The molecule has 0 spiro atoms. The van der Waals surface area contributed by atoms with E-state index < -0.39 is 29.6 Å². The number of aromatic carboxylic acids is 1. The SMILES string of the molecule is O=C(O)CNc1ncc(C(=O)O)c(=O)[nH]1. The molecule has 1 aromatic rings. The van der Waals surface area contributed by atoms with Crippen LogP contribution in [0.2, 0.25) is 0 Å². The van der Waals surface area contributed by atoms with Gasteiger partial charge >= 0.3 is 11.9 Å². The molecule has 8 heteroatoms. The number of nitrogens with zero attached hydrogens (tertiary/aromatic N) is 1. The van der Waals surface area contributed by atoms with Crippen LogP contribution in [0.15, 0.2) is 11.0 Å². The van der Waals surface area contributed by atoms with E-state index in [2.05, 4.69) is 15.3 Å². The second-order valence-corrected chi connectivity index (χ2v) is 2.53. The van der Waals surface area contributed by atoms with Crippen molar-refractivity contribution in [3.63, 3.8) is 0 Å². The van der Waals surface area contributed by atoms with Crippen molar-refractivity contribution in [1.29, 1.82) is 0 Å². The number of carboxylic acid groups (broad SMARTS) is 2. The zero-order chi connectivity index (χ0) is 11.4. The summed E-state index contributed by atoms with van der Waals surface area (Å²) in [6, 6.07) is 0. The normalized spacial score (nSPS) is 9.60. The molecule has 1 rings (SSSR count). The number of aliphatic carboxylic acids is 1. The number of rotatable bonds is 4. The minimum atomic E-state index is -1.39. The molecule has 0 aromatic carbocycles. The van der Waals surface area contributed by atoms with Crippen molar-refractivity contribution < 1.29 is 19.8 Å². The van der Waals surface area contributed by atoms with Gasteiger partial charge in [-0.1, -0.05) is 0 Å². The summed E-state index contributed by atoms with van der Waals surface area (Å²) in [5, 5.41) is 19.1. The fourth-order valence-corrected chi connectivity index (χ4v) is 0.796. The van der Waals surface area contributed by atoms with E-state index in [0.717, 1.165) is 6.20 Å². The van der Waals surface area contributed by atoms with Gasteiger partial charge in [0.05, 0.1) is 6.20 Å². The highest BCUT2D eigenvalue weighted by molar-refractivity contribution is 5.86. The lowest BCUT2D eigenvalue weighted by Gasteiger charge is -2.01. The molecule has 0 aliphatic carbocycles. The standard InChI is InChI=1S/C7H7N3O5/c11-4(12)2-9-7-8-1-3(6(14)15)5(13)10-7/h1H,2H2,(H,11,12)(H,14,15)(H2,8,9,10,13). The van der Waals surface area contributed by atoms with Gasteiger partial charge in [0, 0.05) is 0 Å². The van der Waals surface area contributed by atoms with Crippen LogP contribution in [-0.2, 0) is 4.79 Å². The van der Waals surface area contributed by atoms with Gasteiger partial charge in [-0.25, -0.2) is 9.78 Å². The lowest BCUT2D eigenvalue weighted by molar-refractivity contribution is -0.134. The monoisotopic (exact) mass is 213 g/mol. The van der Waals surface area contributed by atoms with E-state index in [9.17, 15) is 14.4 Å². The predicted molar refractivity (Wildman–Crippen MR) is 47.9 cm³/mol. The highest BCUT2D eigenvalue weighted by atomic mass is 16.4. The van der Waals surface area contributed by atoms with Gasteiger partial charge < -0.3 is 15.5 Å². The first-order chi connectivity index (χ1) is 7.00. The molecule has 0 aliphatic rings. The molecule has 0 fully saturated rings. The molecule has 0 bridgehead atoms. The second-order valence-electron chi connectivity index (χ2n) is 2.53. The van der Waals surface area contributed by atoms with E-state index in [1.54, 1.807) is 0 Å². The third-order valence-corrected chi connectivity index (χ3v) is 1.44. The molecule has 15 heavy (non-hydrogen) atoms. The van der Waals surface area contributed by atoms with Gasteiger partial charge in [0.2, 0.25) is 5.95 Å². The molecule has 0 saturated carbocycles. The minimum absolute atomic E-state index is 0.0904. The molecular formula is C7H7N3O5. The van der Waals surface area contributed by atoms with Gasteiger partial charge in [-0.2, -0.15) is 0 Å². The quantitative estimate of drug-likeness (QED) is 0.502. The Morgan fingerprint density at radius 1 is 1.47 bits per heavy atom. The van der Waals surface area contributed by atoms with E-state index in [0.29, 0.717) is 0 Å². The molecule has 0 atom stereocenters. The molecule has 1 heterocycles. The largest absolute Gasteiger partial charge is 0.480 e. The third-order valence-electron chi connectivity index (χ3n) is 1.44. The first kappa shape index (κ1) is 10.7. The number of anilines is 1. The van der Waals surface area contributed by atoms with Crippen LogP contribution in [0.25, 0.3) is 0 Å². The predicted octanol–water partition coefficient (Wildman–Crippen LogP) is -1.04. The third kappa shape index (κ3) is 2.79. The zero-order valence-electron chi connectivity index (χ0n) is 7.35. The summed E-state index contributed by atoms with van der Waals surface area (Å²) in [5.74, 6) is -2.61. The number of hydrogen-bond acceptors (Lipinski definition) is 5. The molecule has 1 aromatic heterocycles. The Morgan fingerprint density at radius 3 is 2.60 bits per heavy atom. The highest BCUT2D eigenvalue weighted by Gasteiger charge is 2.09. The fourth-order valence-electron chi connectivity index (χ4n) is 0.796. The smallest absolute Gasteiger partial charge is 0.342 e. The van der Waals surface area contributed by atoms with Crippen molar-refractivity contribution in [2.24, 2.45) is 0 Å². The van der Waals surface area contributed by atoms with Gasteiger partial charge in [-0.05, 0) is 0 Å². The van der Waals surface area contributed by atoms with E-state index in [1.165, 1.54) is 0 Å². The van der Waals surface area contributed by atoms with Gasteiger partial charge in [0.25, 0.3) is 5.56 Å². The van der Waals surface area contributed by atoms with Crippen LogP contribution in [0, 0.1) is 0 Å². The second kappa shape index (κ2) is 4.22. The Bertz CT molecular complexity index is 452. The van der Waals surface area contributed by atoms with Crippen LogP contribution in [-0.4, -0.2) is 38.7 Å². The van der Waals surface area contributed by atoms with Gasteiger partial charge in [0.1, 0.15) is 12.1 Å². The maximum Gasteiger partial charge on any atom is 0.342 e. The van der Waals surface area contributed by atoms with Crippen molar-refractivity contribution in [3.05, 3.63) is 22.1 Å². The topological polar surface area (TPSA) is 132 Å². The highest BCUT2D eigenvalue weighted by Crippen LogP contribution is 1.94. The Hall–Kier alpha value is -2.38. The molecule has 4 N–H and O–H groups in total. The summed E-state index contributed by atoms with van der Waals surface area (Å²) in [4.78, 5) is 37.3. The number of aromatic amines is 1. The van der Waals surface area contributed by atoms with Crippen molar-refractivity contribution in [2.75, 3.05) is 11.9 Å². The van der Waals surface area contributed by atoms with E-state index in [-0.39, 0.29) is 5.95 Å². The molecule has 8 nitrogen and oxygen atoms in total. The van der Waals surface area contributed by atoms with Crippen LogP contribution < -0.4 is 10.9 Å². The maximum absolute atomic E-state index is 11.1. The Morgan fingerprint density at radius 2 is 2.13 bits per heavy atom. The van der Waals surface area contributed by atoms with Crippen LogP contribution in [0.4, 0.5) is 5.95 Å². The molecule has 0 radical (unpaired) electrons. The van der Waals surface area contributed by atoms with E-state index in [1.807, 2.05) is 0 Å². The zero-order valence-corrected chi connectivity index (χ0v) is 7.35. The number of H-pyrrole nitrogens is 1. The van der Waals surface area contributed by atoms with E-state index in [4.69, 9.17) is 10.2 Å². The number of nitrogens with one attached hydrogen (secondary N) is 2. The lowest BCUT2D eigenvalue weighted by atomic mass is 10.3. The molecule has 0 unspecified atom stereocenters. The van der Waals surface area contributed by atoms with Crippen LogP contribution in [0.5, 0.6) is 0 Å². The lowest BCUT2D eigenvalue weighted by Crippen LogP contribution is -2.22. The summed E-state index contributed by atoms with van der Waals surface area (Å²) >= 11 is 0. The summed E-state index contributed by atoms with van der Waals surface area (Å²) in [6.45, 7) is -0.421. The number of carboxylic acids is 2. The van der Waals surface area contributed by atoms with Crippen molar-refractivity contribution in [3.8, 4) is 0 Å². The molecule has 80 valence electrons. The minimum Gasteiger partial charge on any atom is -0.480 e. The van der Waals surface area contributed by atoms with Crippen LogP contribution in [0.1, 0.15) is 10.4 Å². The average molecular weight is 213 g/mol. The Balaban J connectivity index is 2.87. The summed E-state index contributed by atoms with van der Waals surface area (Å²) in [7, 11) is 0. The first-order valence-corrected chi connectivity index (χ1v) is 3.79. The van der Waals surface area contributed by atoms with Crippen molar-refractivity contribution >= 4 is 17.9 Å². The maximum atomic E-state index is 11.1. The molecule has 0 saturated heterocycles. The van der Waals surface area contributed by atoms with Gasteiger partial charge in [-0.3, -0.25) is 14.6 Å². The van der Waals surface area contributed by atoms with Crippen LogP contribution >= 0.6 is 0 Å². The molecular weight excluding hydrogens is 206 g/mol. The van der Waals surface area contributed by atoms with Gasteiger partial charge in [0.15, 0.2) is 0 Å². The van der Waals surface area contributed by atoms with Gasteiger partial charge in [-0.15, -0.1) is 0 Å². The number of hydrogen-bond donors (Lipinski definition) is 4.